The number of aromatic nitrogens is 2. The third-order valence-electron chi connectivity index (χ3n) is 4.70. The van der Waals surface area contributed by atoms with Crippen molar-refractivity contribution in [1.82, 2.24) is 14.9 Å². The predicted molar refractivity (Wildman–Crippen MR) is 102 cm³/mol. The molecule has 1 amide bonds. The topological polar surface area (TPSA) is 64.5 Å². The molecule has 1 atom stereocenters. The number of carbonyl (C=O) groups is 1. The molecular weight excluding hydrogens is 342 g/mol. The van der Waals surface area contributed by atoms with Gasteiger partial charge in [0.2, 0.25) is 0 Å². The van der Waals surface area contributed by atoms with Crippen molar-refractivity contribution in [2.45, 2.75) is 45.8 Å². The van der Waals surface area contributed by atoms with Crippen LogP contribution >= 0.6 is 0 Å². The summed E-state index contributed by atoms with van der Waals surface area (Å²) < 4.78 is 11.7. The van der Waals surface area contributed by atoms with Crippen LogP contribution in [-0.4, -0.2) is 46.6 Å². The number of amides is 1. The minimum Gasteiger partial charge on any atom is -0.482 e. The number of hydrogen-bond donors (Lipinski definition) is 0. The molecule has 0 spiro atoms. The maximum absolute atomic E-state index is 12.6. The Morgan fingerprint density at radius 3 is 3.00 bits per heavy atom. The molecule has 1 aliphatic rings. The van der Waals surface area contributed by atoms with Crippen LogP contribution in [0.25, 0.3) is 0 Å². The molecule has 2 aromatic rings. The second-order valence-corrected chi connectivity index (χ2v) is 6.82. The van der Waals surface area contributed by atoms with Gasteiger partial charge in [-0.25, -0.2) is 0 Å². The van der Waals surface area contributed by atoms with Gasteiger partial charge in [-0.15, -0.1) is 0 Å². The molecule has 0 radical (unpaired) electrons. The number of likely N-dealkylation sites (tertiary alicyclic amines) is 1. The van der Waals surface area contributed by atoms with Gasteiger partial charge in [-0.1, -0.05) is 13.0 Å². The highest BCUT2D eigenvalue weighted by molar-refractivity contribution is 5.78. The molecule has 0 unspecified atom stereocenters. The lowest BCUT2D eigenvalue weighted by molar-refractivity contribution is -0.137. The lowest BCUT2D eigenvalue weighted by Crippen LogP contribution is -2.45. The second-order valence-electron chi connectivity index (χ2n) is 6.82. The van der Waals surface area contributed by atoms with Crippen LogP contribution in [-0.2, 0) is 22.6 Å². The van der Waals surface area contributed by atoms with Gasteiger partial charge < -0.3 is 14.4 Å². The highest BCUT2D eigenvalue weighted by Gasteiger charge is 2.24. The molecule has 0 aromatic carbocycles. The molecule has 6 nitrogen and oxygen atoms in total. The summed E-state index contributed by atoms with van der Waals surface area (Å²) in [6, 6.07) is 7.69. The van der Waals surface area contributed by atoms with Crippen LogP contribution in [0, 0.1) is 6.92 Å². The highest BCUT2D eigenvalue weighted by atomic mass is 16.5. The average molecular weight is 369 g/mol. The molecule has 0 aliphatic carbocycles. The molecule has 3 heterocycles. The predicted octanol–water partition coefficient (Wildman–Crippen LogP) is 2.93. The molecule has 1 saturated heterocycles. The molecule has 0 N–H and O–H groups in total. The van der Waals surface area contributed by atoms with Gasteiger partial charge in [0.1, 0.15) is 5.75 Å². The third kappa shape index (κ3) is 5.50. The van der Waals surface area contributed by atoms with Crippen molar-refractivity contribution >= 4 is 5.91 Å². The van der Waals surface area contributed by atoms with E-state index in [-0.39, 0.29) is 18.6 Å². The van der Waals surface area contributed by atoms with Crippen molar-refractivity contribution in [3.63, 3.8) is 0 Å². The van der Waals surface area contributed by atoms with Gasteiger partial charge in [0.05, 0.1) is 18.4 Å². The van der Waals surface area contributed by atoms with Crippen LogP contribution in [0.1, 0.15) is 36.7 Å². The fourth-order valence-corrected chi connectivity index (χ4v) is 3.21. The summed E-state index contributed by atoms with van der Waals surface area (Å²) in [4.78, 5) is 23.0. The number of aryl methyl sites for hydroxylation is 2. The van der Waals surface area contributed by atoms with E-state index in [0.717, 1.165) is 42.8 Å². The fourth-order valence-electron chi connectivity index (χ4n) is 3.21. The molecule has 0 bridgehead atoms. The highest BCUT2D eigenvalue weighted by Crippen LogP contribution is 2.19. The number of nitrogens with zero attached hydrogens (tertiary/aromatic N) is 3. The molecule has 27 heavy (non-hydrogen) atoms. The SMILES string of the molecule is CCc1nc(C)ccc1OCC(=O)N1CCC[C@H](OCc2cccnc2)C1. The normalized spacial score (nSPS) is 17.0. The maximum atomic E-state index is 12.6. The summed E-state index contributed by atoms with van der Waals surface area (Å²) in [6.45, 7) is 5.90. The van der Waals surface area contributed by atoms with Crippen molar-refractivity contribution in [3.8, 4) is 5.75 Å². The second kappa shape index (κ2) is 9.46. The quantitative estimate of drug-likeness (QED) is 0.751. The Kier molecular flexibility index (Phi) is 6.76. The average Bonchev–Trinajstić information content (AvgIpc) is 2.72. The number of piperidine rings is 1. The van der Waals surface area contributed by atoms with Crippen LogP contribution in [0.2, 0.25) is 0 Å². The summed E-state index contributed by atoms with van der Waals surface area (Å²) in [5, 5.41) is 0. The lowest BCUT2D eigenvalue weighted by Gasteiger charge is -2.32. The van der Waals surface area contributed by atoms with Crippen molar-refractivity contribution in [2.24, 2.45) is 0 Å². The standard InChI is InChI=1S/C21H27N3O3/c1-3-19-20(9-8-16(2)23-19)27-15-21(25)24-11-5-7-18(13-24)26-14-17-6-4-10-22-12-17/h4,6,8-10,12,18H,3,5,7,11,13-15H2,1-2H3/t18-/m0/s1. The Bertz CT molecular complexity index is 752. The summed E-state index contributed by atoms with van der Waals surface area (Å²) >= 11 is 0. The van der Waals surface area contributed by atoms with E-state index in [1.165, 1.54) is 0 Å². The zero-order chi connectivity index (χ0) is 19.1. The Labute approximate surface area is 160 Å². The molecule has 1 aliphatic heterocycles. The van der Waals surface area contributed by atoms with Gasteiger partial charge in [0.15, 0.2) is 6.61 Å². The van der Waals surface area contributed by atoms with E-state index in [9.17, 15) is 4.79 Å². The first-order valence-electron chi connectivity index (χ1n) is 9.53. The minimum atomic E-state index is -0.00712. The van der Waals surface area contributed by atoms with Gasteiger partial charge >= 0.3 is 0 Å². The van der Waals surface area contributed by atoms with Crippen molar-refractivity contribution in [3.05, 3.63) is 53.6 Å². The molecule has 2 aromatic heterocycles. The van der Waals surface area contributed by atoms with E-state index < -0.39 is 0 Å². The van der Waals surface area contributed by atoms with E-state index in [1.807, 2.05) is 43.0 Å². The first kappa shape index (κ1) is 19.3. The Morgan fingerprint density at radius 2 is 2.22 bits per heavy atom. The van der Waals surface area contributed by atoms with Crippen LogP contribution in [0.15, 0.2) is 36.7 Å². The fraction of sp³-hybridized carbons (Fsp3) is 0.476. The van der Waals surface area contributed by atoms with Gasteiger partial charge in [0.25, 0.3) is 5.91 Å². The van der Waals surface area contributed by atoms with E-state index in [1.54, 1.807) is 12.4 Å². The zero-order valence-corrected chi connectivity index (χ0v) is 16.1. The third-order valence-corrected chi connectivity index (χ3v) is 4.70. The largest absolute Gasteiger partial charge is 0.482 e. The van der Waals surface area contributed by atoms with E-state index in [0.29, 0.717) is 18.9 Å². The van der Waals surface area contributed by atoms with Crippen LogP contribution < -0.4 is 4.74 Å². The molecule has 144 valence electrons. The first-order valence-corrected chi connectivity index (χ1v) is 9.53. The molecule has 3 rings (SSSR count). The van der Waals surface area contributed by atoms with Crippen molar-refractivity contribution in [2.75, 3.05) is 19.7 Å². The number of ether oxygens (including phenoxy) is 2. The molecule has 0 saturated carbocycles. The maximum Gasteiger partial charge on any atom is 0.260 e. The monoisotopic (exact) mass is 369 g/mol. The summed E-state index contributed by atoms with van der Waals surface area (Å²) in [5.41, 5.74) is 2.89. The number of rotatable bonds is 7. The molecular formula is C21H27N3O3. The summed E-state index contributed by atoms with van der Waals surface area (Å²) in [5.74, 6) is 0.685. The Hall–Kier alpha value is -2.47. The van der Waals surface area contributed by atoms with Crippen molar-refractivity contribution < 1.29 is 14.3 Å². The smallest absolute Gasteiger partial charge is 0.260 e. The lowest BCUT2D eigenvalue weighted by atomic mass is 10.1. The van der Waals surface area contributed by atoms with Crippen LogP contribution in [0.4, 0.5) is 0 Å². The molecule has 1 fully saturated rings. The van der Waals surface area contributed by atoms with Crippen LogP contribution in [0.3, 0.4) is 0 Å². The van der Waals surface area contributed by atoms with Crippen LogP contribution in [0.5, 0.6) is 5.75 Å². The first-order chi connectivity index (χ1) is 13.2. The minimum absolute atomic E-state index is 0.00712. The van der Waals surface area contributed by atoms with Gasteiger partial charge in [-0.05, 0) is 49.9 Å². The number of pyridine rings is 2. The van der Waals surface area contributed by atoms with Gasteiger partial charge in [-0.2, -0.15) is 0 Å². The summed E-state index contributed by atoms with van der Waals surface area (Å²) in [6.07, 6.45) is 6.29. The number of carbonyl (C=O) groups excluding carboxylic acids is 1. The van der Waals surface area contributed by atoms with Gasteiger partial charge in [0, 0.05) is 31.2 Å². The zero-order valence-electron chi connectivity index (χ0n) is 16.1. The van der Waals surface area contributed by atoms with E-state index in [2.05, 4.69) is 9.97 Å². The van der Waals surface area contributed by atoms with E-state index >= 15 is 0 Å². The number of hydrogen-bond acceptors (Lipinski definition) is 5. The Morgan fingerprint density at radius 1 is 1.33 bits per heavy atom. The molecule has 6 heteroatoms. The van der Waals surface area contributed by atoms with E-state index in [4.69, 9.17) is 9.47 Å². The summed E-state index contributed by atoms with van der Waals surface area (Å²) in [7, 11) is 0. The van der Waals surface area contributed by atoms with Crippen molar-refractivity contribution in [1.29, 1.82) is 0 Å². The Balaban J connectivity index is 1.49. The van der Waals surface area contributed by atoms with Gasteiger partial charge in [-0.3, -0.25) is 14.8 Å².